The number of aromatic nitrogens is 2. The van der Waals surface area contributed by atoms with E-state index >= 15 is 0 Å². The fourth-order valence-electron chi connectivity index (χ4n) is 2.85. The van der Waals surface area contributed by atoms with Gasteiger partial charge in [0.2, 0.25) is 0 Å². The summed E-state index contributed by atoms with van der Waals surface area (Å²) in [6, 6.07) is 1.47. The van der Waals surface area contributed by atoms with Gasteiger partial charge in [0.25, 0.3) is 5.56 Å². The molecule has 2 rings (SSSR count). The van der Waals surface area contributed by atoms with Crippen molar-refractivity contribution < 1.29 is 9.47 Å². The minimum atomic E-state index is -0.144. The van der Waals surface area contributed by atoms with Crippen LogP contribution in [0.2, 0.25) is 0 Å². The molecule has 1 aliphatic carbocycles. The summed E-state index contributed by atoms with van der Waals surface area (Å²) in [4.78, 5) is 19.0. The van der Waals surface area contributed by atoms with Gasteiger partial charge in [-0.2, -0.15) is 0 Å². The van der Waals surface area contributed by atoms with E-state index in [-0.39, 0.29) is 11.7 Å². The molecule has 5 heteroatoms. The molecule has 1 atom stereocenters. The van der Waals surface area contributed by atoms with Gasteiger partial charge in [-0.05, 0) is 18.8 Å². The van der Waals surface area contributed by atoms with Crippen LogP contribution in [0.4, 0.5) is 0 Å². The molecule has 1 fully saturated rings. The fourth-order valence-corrected chi connectivity index (χ4v) is 2.85. The van der Waals surface area contributed by atoms with Gasteiger partial charge in [-0.1, -0.05) is 19.3 Å². The standard InChI is InChI=1S/C14H22N2O3/c1-18-9-11-8-12(17)16-14(15-11)13(19-2)10-6-4-3-5-7-10/h8,10,13H,3-7,9H2,1-2H3,(H,15,16,17). The third-order valence-corrected chi connectivity index (χ3v) is 3.71. The Labute approximate surface area is 113 Å². The van der Waals surface area contributed by atoms with Crippen molar-refractivity contribution in [1.29, 1.82) is 0 Å². The predicted octanol–water partition coefficient (Wildman–Crippen LogP) is 2.18. The van der Waals surface area contributed by atoms with Crippen molar-refractivity contribution in [2.24, 2.45) is 5.92 Å². The summed E-state index contributed by atoms with van der Waals surface area (Å²) < 4.78 is 10.6. The lowest BCUT2D eigenvalue weighted by molar-refractivity contribution is 0.0283. The van der Waals surface area contributed by atoms with Crippen LogP contribution >= 0.6 is 0 Å². The summed E-state index contributed by atoms with van der Waals surface area (Å²) in [5, 5.41) is 0. The Morgan fingerprint density at radius 3 is 2.74 bits per heavy atom. The van der Waals surface area contributed by atoms with Gasteiger partial charge in [0.05, 0.1) is 12.3 Å². The van der Waals surface area contributed by atoms with Crippen LogP contribution in [0.25, 0.3) is 0 Å². The highest BCUT2D eigenvalue weighted by Gasteiger charge is 2.27. The Hall–Kier alpha value is -1.20. The number of methoxy groups -OCH3 is 2. The van der Waals surface area contributed by atoms with Crippen LogP contribution in [-0.4, -0.2) is 24.2 Å². The average molecular weight is 266 g/mol. The van der Waals surface area contributed by atoms with Gasteiger partial charge in [-0.15, -0.1) is 0 Å². The highest BCUT2D eigenvalue weighted by Crippen LogP contribution is 2.34. The molecule has 0 radical (unpaired) electrons. The lowest BCUT2D eigenvalue weighted by Crippen LogP contribution is -2.24. The Kier molecular flexibility index (Phi) is 5.10. The van der Waals surface area contributed by atoms with Crippen molar-refractivity contribution in [3.8, 4) is 0 Å². The van der Waals surface area contributed by atoms with Crippen molar-refractivity contribution in [1.82, 2.24) is 9.97 Å². The molecule has 1 heterocycles. The monoisotopic (exact) mass is 266 g/mol. The van der Waals surface area contributed by atoms with Crippen molar-refractivity contribution in [2.45, 2.75) is 44.8 Å². The largest absolute Gasteiger partial charge is 0.378 e. The Morgan fingerprint density at radius 1 is 1.37 bits per heavy atom. The molecule has 1 aromatic rings. The lowest BCUT2D eigenvalue weighted by Gasteiger charge is -2.28. The maximum Gasteiger partial charge on any atom is 0.251 e. The number of hydrogen-bond acceptors (Lipinski definition) is 4. The number of nitrogens with zero attached hydrogens (tertiary/aromatic N) is 1. The van der Waals surface area contributed by atoms with Gasteiger partial charge in [-0.25, -0.2) is 4.98 Å². The van der Waals surface area contributed by atoms with Crippen LogP contribution in [0.1, 0.15) is 49.7 Å². The molecule has 1 aromatic heterocycles. The van der Waals surface area contributed by atoms with Crippen molar-refractivity contribution in [3.63, 3.8) is 0 Å². The van der Waals surface area contributed by atoms with E-state index in [0.29, 0.717) is 24.0 Å². The predicted molar refractivity (Wildman–Crippen MR) is 71.9 cm³/mol. The minimum Gasteiger partial charge on any atom is -0.378 e. The minimum absolute atomic E-state index is 0.121. The number of rotatable bonds is 5. The van der Waals surface area contributed by atoms with Gasteiger partial charge in [0.1, 0.15) is 11.9 Å². The summed E-state index contributed by atoms with van der Waals surface area (Å²) in [7, 11) is 3.28. The number of hydrogen-bond donors (Lipinski definition) is 1. The quantitative estimate of drug-likeness (QED) is 0.887. The summed E-state index contributed by atoms with van der Waals surface area (Å²) in [5.74, 6) is 1.08. The van der Waals surface area contributed by atoms with Crippen molar-refractivity contribution in [3.05, 3.63) is 27.9 Å². The highest BCUT2D eigenvalue weighted by molar-refractivity contribution is 5.05. The van der Waals surface area contributed by atoms with Crippen LogP contribution in [0.3, 0.4) is 0 Å². The number of nitrogens with one attached hydrogen (secondary N) is 1. The Bertz CT molecular complexity index is 452. The molecule has 1 N–H and O–H groups in total. The summed E-state index contributed by atoms with van der Waals surface area (Å²) in [6.45, 7) is 0.345. The van der Waals surface area contributed by atoms with Gasteiger partial charge in [-0.3, -0.25) is 4.79 Å². The zero-order chi connectivity index (χ0) is 13.7. The summed E-state index contributed by atoms with van der Waals surface area (Å²) >= 11 is 0. The van der Waals surface area contributed by atoms with Crippen molar-refractivity contribution >= 4 is 0 Å². The van der Waals surface area contributed by atoms with E-state index in [1.54, 1.807) is 14.2 Å². The first-order chi connectivity index (χ1) is 9.24. The number of ether oxygens (including phenoxy) is 2. The molecule has 0 bridgehead atoms. The zero-order valence-corrected chi connectivity index (χ0v) is 11.6. The lowest BCUT2D eigenvalue weighted by atomic mass is 9.85. The van der Waals surface area contributed by atoms with Crippen LogP contribution in [0, 0.1) is 5.92 Å². The summed E-state index contributed by atoms with van der Waals surface area (Å²) in [6.07, 6.45) is 5.90. The maximum atomic E-state index is 11.7. The van der Waals surface area contributed by atoms with Crippen LogP contribution in [0.15, 0.2) is 10.9 Å². The molecule has 0 saturated heterocycles. The topological polar surface area (TPSA) is 64.2 Å². The SMILES string of the molecule is COCc1cc(=O)[nH]c(C(OC)C2CCCCC2)n1. The first-order valence-electron chi connectivity index (χ1n) is 6.86. The van der Waals surface area contributed by atoms with E-state index in [9.17, 15) is 4.79 Å². The fraction of sp³-hybridized carbons (Fsp3) is 0.714. The third kappa shape index (κ3) is 3.64. The van der Waals surface area contributed by atoms with E-state index in [2.05, 4.69) is 9.97 Å². The van der Waals surface area contributed by atoms with E-state index < -0.39 is 0 Å². The van der Waals surface area contributed by atoms with E-state index in [1.807, 2.05) is 0 Å². The molecule has 1 saturated carbocycles. The van der Waals surface area contributed by atoms with Crippen LogP contribution < -0.4 is 5.56 Å². The smallest absolute Gasteiger partial charge is 0.251 e. The molecule has 106 valence electrons. The second kappa shape index (κ2) is 6.82. The van der Waals surface area contributed by atoms with Crippen molar-refractivity contribution in [2.75, 3.05) is 14.2 Å². The first-order valence-corrected chi connectivity index (χ1v) is 6.86. The van der Waals surface area contributed by atoms with Crippen LogP contribution in [0.5, 0.6) is 0 Å². The molecule has 0 spiro atoms. The maximum absolute atomic E-state index is 11.7. The third-order valence-electron chi connectivity index (χ3n) is 3.71. The number of H-pyrrole nitrogens is 1. The van der Waals surface area contributed by atoms with E-state index in [0.717, 1.165) is 12.8 Å². The Balaban J connectivity index is 2.23. The molecule has 0 aromatic carbocycles. The highest BCUT2D eigenvalue weighted by atomic mass is 16.5. The van der Waals surface area contributed by atoms with Gasteiger partial charge >= 0.3 is 0 Å². The molecule has 19 heavy (non-hydrogen) atoms. The van der Waals surface area contributed by atoms with E-state index in [4.69, 9.17) is 9.47 Å². The Morgan fingerprint density at radius 2 is 2.11 bits per heavy atom. The second-order valence-electron chi connectivity index (χ2n) is 5.11. The molecule has 5 nitrogen and oxygen atoms in total. The second-order valence-corrected chi connectivity index (χ2v) is 5.11. The van der Waals surface area contributed by atoms with E-state index in [1.165, 1.54) is 25.3 Å². The molecular weight excluding hydrogens is 244 g/mol. The zero-order valence-electron chi connectivity index (χ0n) is 11.6. The molecule has 0 aliphatic heterocycles. The number of aromatic amines is 1. The average Bonchev–Trinajstić information content (AvgIpc) is 2.40. The molecule has 0 amide bonds. The molecule has 1 unspecified atom stereocenters. The summed E-state index contributed by atoms with van der Waals surface area (Å²) in [5.41, 5.74) is 0.508. The van der Waals surface area contributed by atoms with Gasteiger partial charge in [0.15, 0.2) is 0 Å². The van der Waals surface area contributed by atoms with Gasteiger partial charge in [0, 0.05) is 20.3 Å². The van der Waals surface area contributed by atoms with Crippen LogP contribution in [-0.2, 0) is 16.1 Å². The first kappa shape index (κ1) is 14.2. The normalized spacial score (nSPS) is 18.4. The molecular formula is C14H22N2O3. The molecule has 1 aliphatic rings. The van der Waals surface area contributed by atoms with Gasteiger partial charge < -0.3 is 14.5 Å².